The van der Waals surface area contributed by atoms with Gasteiger partial charge in [-0.15, -0.1) is 0 Å². The van der Waals surface area contributed by atoms with Crippen LogP contribution in [0.3, 0.4) is 0 Å². The summed E-state index contributed by atoms with van der Waals surface area (Å²) < 4.78 is 69.9. The Morgan fingerprint density at radius 2 is 1.64 bits per heavy atom. The van der Waals surface area contributed by atoms with Crippen molar-refractivity contribution in [3.63, 3.8) is 0 Å². The second-order valence-electron chi connectivity index (χ2n) is 10.9. The van der Waals surface area contributed by atoms with Gasteiger partial charge in [-0.1, -0.05) is 79.4 Å². The van der Waals surface area contributed by atoms with Gasteiger partial charge >= 0.3 is 6.18 Å². The fraction of sp³-hybridized carbons (Fsp3) is 0.375. The summed E-state index contributed by atoms with van der Waals surface area (Å²) >= 11 is 5.83. The van der Waals surface area contributed by atoms with Gasteiger partial charge in [0.2, 0.25) is 11.8 Å². The van der Waals surface area contributed by atoms with Crippen LogP contribution in [0.5, 0.6) is 0 Å². The van der Waals surface area contributed by atoms with E-state index in [4.69, 9.17) is 11.6 Å². The highest BCUT2D eigenvalue weighted by atomic mass is 35.5. The fourth-order valence-electron chi connectivity index (χ4n) is 5.31. The van der Waals surface area contributed by atoms with Crippen LogP contribution in [0.25, 0.3) is 0 Å². The zero-order valence-electron chi connectivity index (χ0n) is 24.5. The molecule has 0 bridgehead atoms. The van der Waals surface area contributed by atoms with E-state index < -0.39 is 51.0 Å². The molecule has 2 amide bonds. The number of benzene rings is 3. The van der Waals surface area contributed by atoms with Crippen molar-refractivity contribution in [3.8, 4) is 0 Å². The highest BCUT2D eigenvalue weighted by Crippen LogP contribution is 2.38. The normalized spacial score (nSPS) is 14.7. The average Bonchev–Trinajstić information content (AvgIpc) is 3.50. The first-order valence-corrected chi connectivity index (χ1v) is 16.2. The molecule has 0 aliphatic heterocycles. The van der Waals surface area contributed by atoms with Crippen molar-refractivity contribution in [1.82, 2.24) is 10.2 Å². The Bertz CT molecular complexity index is 1560. The molecule has 0 heterocycles. The second-order valence-corrected chi connectivity index (χ2v) is 13.2. The number of sulfonamides is 1. The number of nitrogens with one attached hydrogen (secondary N) is 1. The molecule has 7 nitrogen and oxygen atoms in total. The number of anilines is 1. The SMILES string of the molecule is CC[C@@H](C(=O)NC1CCCC1)N(Cc1ccc(C)cc1)C(=O)CN(c1ccc(Cl)c(C(F)(F)F)c1)S(=O)(=O)c1ccccc1. The van der Waals surface area contributed by atoms with Gasteiger partial charge in [0.1, 0.15) is 12.6 Å². The van der Waals surface area contributed by atoms with Gasteiger partial charge in [-0.05, 0) is 62.1 Å². The topological polar surface area (TPSA) is 86.8 Å². The Morgan fingerprint density at radius 1 is 1.00 bits per heavy atom. The molecule has 44 heavy (non-hydrogen) atoms. The quantitative estimate of drug-likeness (QED) is 0.250. The zero-order chi connectivity index (χ0) is 32.1. The lowest BCUT2D eigenvalue weighted by atomic mass is 10.1. The first-order chi connectivity index (χ1) is 20.8. The molecular weight excluding hydrogens is 615 g/mol. The third-order valence-corrected chi connectivity index (χ3v) is 9.83. The van der Waals surface area contributed by atoms with E-state index in [9.17, 15) is 31.2 Å². The summed E-state index contributed by atoms with van der Waals surface area (Å²) in [5, 5.41) is 2.42. The van der Waals surface area contributed by atoms with Gasteiger partial charge in [0, 0.05) is 12.6 Å². The molecule has 236 valence electrons. The van der Waals surface area contributed by atoms with Crippen LogP contribution < -0.4 is 9.62 Å². The molecule has 1 N–H and O–H groups in total. The predicted octanol–water partition coefficient (Wildman–Crippen LogP) is 6.73. The summed E-state index contributed by atoms with van der Waals surface area (Å²) in [6, 6.07) is 16.2. The molecule has 1 saturated carbocycles. The Labute approximate surface area is 261 Å². The number of alkyl halides is 3. The van der Waals surface area contributed by atoms with E-state index in [1.807, 2.05) is 31.2 Å². The smallest absolute Gasteiger partial charge is 0.352 e. The Morgan fingerprint density at radius 3 is 2.23 bits per heavy atom. The Hall–Kier alpha value is -3.57. The van der Waals surface area contributed by atoms with Crippen LogP contribution in [0.2, 0.25) is 5.02 Å². The van der Waals surface area contributed by atoms with Gasteiger partial charge < -0.3 is 10.2 Å². The van der Waals surface area contributed by atoms with Crippen molar-refractivity contribution >= 4 is 39.1 Å². The van der Waals surface area contributed by atoms with Crippen LogP contribution >= 0.6 is 11.6 Å². The van der Waals surface area contributed by atoms with Crippen molar-refractivity contribution in [1.29, 1.82) is 0 Å². The number of amides is 2. The number of nitrogens with zero attached hydrogens (tertiary/aromatic N) is 2. The van der Waals surface area contributed by atoms with Crippen LogP contribution in [0, 0.1) is 6.92 Å². The minimum atomic E-state index is -4.87. The van der Waals surface area contributed by atoms with Gasteiger partial charge in [0.25, 0.3) is 10.0 Å². The van der Waals surface area contributed by atoms with Crippen LogP contribution in [-0.2, 0) is 32.3 Å². The molecule has 3 aromatic carbocycles. The van der Waals surface area contributed by atoms with Crippen molar-refractivity contribution < 1.29 is 31.2 Å². The second kappa shape index (κ2) is 14.0. The molecular formula is C32H35ClF3N3O4S. The molecule has 0 spiro atoms. The van der Waals surface area contributed by atoms with Crippen LogP contribution in [-0.4, -0.2) is 43.8 Å². The molecule has 0 unspecified atom stereocenters. The first-order valence-electron chi connectivity index (χ1n) is 14.4. The summed E-state index contributed by atoms with van der Waals surface area (Å²) in [6.45, 7) is 2.80. The zero-order valence-corrected chi connectivity index (χ0v) is 26.1. The molecule has 12 heteroatoms. The first kappa shape index (κ1) is 33.3. The van der Waals surface area contributed by atoms with Gasteiger partial charge in [-0.3, -0.25) is 13.9 Å². The number of halogens is 4. The van der Waals surface area contributed by atoms with E-state index in [0.717, 1.165) is 43.4 Å². The van der Waals surface area contributed by atoms with Gasteiger partial charge in [0.05, 0.1) is 21.2 Å². The molecule has 1 aliphatic carbocycles. The van der Waals surface area contributed by atoms with Crippen molar-refractivity contribution in [2.24, 2.45) is 0 Å². The van der Waals surface area contributed by atoms with Crippen LogP contribution in [0.1, 0.15) is 55.7 Å². The lowest BCUT2D eigenvalue weighted by Gasteiger charge is -2.34. The molecule has 1 atom stereocenters. The van der Waals surface area contributed by atoms with E-state index in [-0.39, 0.29) is 29.8 Å². The summed E-state index contributed by atoms with van der Waals surface area (Å²) in [7, 11) is -4.53. The number of carbonyl (C=O) groups is 2. The molecule has 4 rings (SSSR count). The minimum Gasteiger partial charge on any atom is -0.352 e. The molecule has 0 saturated heterocycles. The number of aryl methyl sites for hydroxylation is 1. The van der Waals surface area contributed by atoms with Crippen molar-refractivity contribution in [2.75, 3.05) is 10.8 Å². The van der Waals surface area contributed by atoms with E-state index in [1.165, 1.54) is 29.2 Å². The van der Waals surface area contributed by atoms with Gasteiger partial charge in [-0.2, -0.15) is 13.2 Å². The van der Waals surface area contributed by atoms with E-state index >= 15 is 0 Å². The molecule has 3 aromatic rings. The Balaban J connectivity index is 1.77. The number of hydrogen-bond acceptors (Lipinski definition) is 4. The number of carbonyl (C=O) groups excluding carboxylic acids is 2. The molecule has 0 aromatic heterocycles. The fourth-order valence-corrected chi connectivity index (χ4v) is 6.96. The largest absolute Gasteiger partial charge is 0.417 e. The maximum absolute atomic E-state index is 14.2. The lowest BCUT2D eigenvalue weighted by Crippen LogP contribution is -2.53. The van der Waals surface area contributed by atoms with E-state index in [1.54, 1.807) is 13.0 Å². The van der Waals surface area contributed by atoms with Crippen LogP contribution in [0.4, 0.5) is 18.9 Å². The molecule has 1 fully saturated rings. The van der Waals surface area contributed by atoms with E-state index in [2.05, 4.69) is 5.32 Å². The third-order valence-electron chi connectivity index (χ3n) is 7.71. The van der Waals surface area contributed by atoms with Crippen molar-refractivity contribution in [3.05, 3.63) is 94.5 Å². The summed E-state index contributed by atoms with van der Waals surface area (Å²) in [5.74, 6) is -1.11. The number of hydrogen-bond donors (Lipinski definition) is 1. The summed E-state index contributed by atoms with van der Waals surface area (Å²) in [4.78, 5) is 28.8. The molecule has 0 radical (unpaired) electrons. The Kier molecular flexibility index (Phi) is 10.6. The van der Waals surface area contributed by atoms with E-state index in [0.29, 0.717) is 15.9 Å². The standard InChI is InChI=1S/C32H35ClF3N3O4S/c1-3-29(31(41)37-24-9-7-8-10-24)38(20-23-15-13-22(2)14-16-23)30(40)21-39(44(42,43)26-11-5-4-6-12-26)25-17-18-28(33)27(19-25)32(34,35)36/h4-6,11-19,24,29H,3,7-10,20-21H2,1-2H3,(H,37,41)/t29-/m0/s1. The highest BCUT2D eigenvalue weighted by Gasteiger charge is 2.37. The average molecular weight is 650 g/mol. The van der Waals surface area contributed by atoms with Gasteiger partial charge in [-0.25, -0.2) is 8.42 Å². The summed E-state index contributed by atoms with van der Waals surface area (Å²) in [5.41, 5.74) is 0.0642. The monoisotopic (exact) mass is 649 g/mol. The third kappa shape index (κ3) is 7.92. The van der Waals surface area contributed by atoms with Gasteiger partial charge in [0.15, 0.2) is 0 Å². The van der Waals surface area contributed by atoms with Crippen molar-refractivity contribution in [2.45, 2.75) is 75.7 Å². The minimum absolute atomic E-state index is 0.0106. The number of rotatable bonds is 11. The maximum Gasteiger partial charge on any atom is 0.417 e. The van der Waals surface area contributed by atoms with Crippen LogP contribution in [0.15, 0.2) is 77.7 Å². The molecule has 1 aliphatic rings. The lowest BCUT2D eigenvalue weighted by molar-refractivity contribution is -0.140. The predicted molar refractivity (Wildman–Crippen MR) is 164 cm³/mol. The maximum atomic E-state index is 14.2. The highest BCUT2D eigenvalue weighted by molar-refractivity contribution is 7.92. The summed E-state index contributed by atoms with van der Waals surface area (Å²) in [6.07, 6.45) is -1.00.